The summed E-state index contributed by atoms with van der Waals surface area (Å²) in [7, 11) is 0. The minimum absolute atomic E-state index is 0. The Balaban J connectivity index is 0.00000324. The van der Waals surface area contributed by atoms with E-state index < -0.39 is 0 Å². The molecule has 1 aromatic carbocycles. The monoisotopic (exact) mass is 396 g/mol. The molecule has 3 nitrogen and oxygen atoms in total. The first-order valence-corrected chi connectivity index (χ1v) is 7.35. The van der Waals surface area contributed by atoms with Gasteiger partial charge in [0.1, 0.15) is 0 Å². The third-order valence-corrected chi connectivity index (χ3v) is 4.80. The van der Waals surface area contributed by atoms with Crippen LogP contribution < -0.4 is 11.1 Å². The largest absolute Gasteiger partial charge is 0.345 e. The fourth-order valence-electron chi connectivity index (χ4n) is 1.93. The molecule has 0 aliphatic heterocycles. The number of hydrogen-bond acceptors (Lipinski definition) is 2. The smallest absolute Gasteiger partial charge is 0.252 e. The number of hydrogen-bond donors (Lipinski definition) is 2. The van der Waals surface area contributed by atoms with Crippen molar-refractivity contribution in [1.82, 2.24) is 5.32 Å². The van der Waals surface area contributed by atoms with E-state index in [-0.39, 0.29) is 23.9 Å². The van der Waals surface area contributed by atoms with Gasteiger partial charge in [-0.15, -0.1) is 12.4 Å². The van der Waals surface area contributed by atoms with Crippen LogP contribution in [0.3, 0.4) is 0 Å². The summed E-state index contributed by atoms with van der Waals surface area (Å²) in [5, 5.41) is 3.10. The van der Waals surface area contributed by atoms with Gasteiger partial charge in [0.05, 0.1) is 5.54 Å². The number of nitrogens with one attached hydrogen (secondary N) is 1. The van der Waals surface area contributed by atoms with Gasteiger partial charge >= 0.3 is 0 Å². The Morgan fingerprint density at radius 3 is 2.42 bits per heavy atom. The molecule has 0 spiro atoms. The van der Waals surface area contributed by atoms with Gasteiger partial charge in [-0.05, 0) is 60.1 Å². The maximum Gasteiger partial charge on any atom is 0.252 e. The molecule has 0 saturated carbocycles. The highest BCUT2D eigenvalue weighted by Crippen LogP contribution is 2.18. The van der Waals surface area contributed by atoms with Crippen LogP contribution in [0.5, 0.6) is 0 Å². The zero-order chi connectivity index (χ0) is 13.8. The zero-order valence-electron chi connectivity index (χ0n) is 11.6. The van der Waals surface area contributed by atoms with E-state index in [2.05, 4.69) is 41.8 Å². The molecule has 108 valence electrons. The summed E-state index contributed by atoms with van der Waals surface area (Å²) in [4.78, 5) is 12.3. The van der Waals surface area contributed by atoms with Crippen LogP contribution in [0.1, 0.15) is 42.6 Å². The second-order valence-corrected chi connectivity index (χ2v) is 5.72. The van der Waals surface area contributed by atoms with E-state index in [1.807, 2.05) is 25.1 Å². The Morgan fingerprint density at radius 2 is 1.95 bits per heavy atom. The Labute approximate surface area is 135 Å². The number of amides is 1. The third kappa shape index (κ3) is 4.33. The standard InChI is InChI=1S/C14H21IN2O.ClH/c1-4-14(5-2,9-16)17-13(18)11-7-6-8-12(15)10(11)3;/h6-8H,4-5,9,16H2,1-3H3,(H,17,18);1H. The molecule has 0 aliphatic carbocycles. The molecular formula is C14H22ClIN2O. The van der Waals surface area contributed by atoms with Crippen LogP contribution in [0.4, 0.5) is 0 Å². The van der Waals surface area contributed by atoms with Crippen molar-refractivity contribution in [3.8, 4) is 0 Å². The average Bonchev–Trinajstić information content (AvgIpc) is 2.39. The van der Waals surface area contributed by atoms with Gasteiger partial charge in [0.2, 0.25) is 0 Å². The first kappa shape index (κ1) is 18.7. The van der Waals surface area contributed by atoms with E-state index in [1.165, 1.54) is 0 Å². The Hall–Kier alpha value is -0.330. The van der Waals surface area contributed by atoms with E-state index in [4.69, 9.17) is 5.73 Å². The zero-order valence-corrected chi connectivity index (χ0v) is 14.6. The first-order chi connectivity index (χ1) is 8.49. The molecule has 0 saturated heterocycles. The summed E-state index contributed by atoms with van der Waals surface area (Å²) >= 11 is 2.24. The van der Waals surface area contributed by atoms with Crippen molar-refractivity contribution < 1.29 is 4.79 Å². The minimum atomic E-state index is -0.287. The molecule has 0 aromatic heterocycles. The van der Waals surface area contributed by atoms with Crippen molar-refractivity contribution in [2.45, 2.75) is 39.2 Å². The minimum Gasteiger partial charge on any atom is -0.345 e. The fraction of sp³-hybridized carbons (Fsp3) is 0.500. The maximum atomic E-state index is 12.3. The van der Waals surface area contributed by atoms with E-state index in [0.717, 1.165) is 27.5 Å². The molecule has 0 aliphatic rings. The summed E-state index contributed by atoms with van der Waals surface area (Å²) in [5.74, 6) is -0.0276. The Kier molecular flexibility index (Phi) is 7.93. The van der Waals surface area contributed by atoms with Crippen LogP contribution in [0.25, 0.3) is 0 Å². The Morgan fingerprint density at radius 1 is 1.37 bits per heavy atom. The van der Waals surface area contributed by atoms with Gasteiger partial charge in [-0.1, -0.05) is 19.9 Å². The first-order valence-electron chi connectivity index (χ1n) is 6.27. The molecule has 1 amide bonds. The SMILES string of the molecule is CCC(CC)(CN)NC(=O)c1cccc(I)c1C.Cl. The van der Waals surface area contributed by atoms with Crippen LogP contribution in [0, 0.1) is 10.5 Å². The predicted molar refractivity (Wildman–Crippen MR) is 91.0 cm³/mol. The average molecular weight is 397 g/mol. The topological polar surface area (TPSA) is 55.1 Å². The lowest BCUT2D eigenvalue weighted by atomic mass is 9.92. The summed E-state index contributed by atoms with van der Waals surface area (Å²) in [6.45, 7) is 6.55. The highest BCUT2D eigenvalue weighted by atomic mass is 127. The second kappa shape index (κ2) is 8.07. The lowest BCUT2D eigenvalue weighted by Gasteiger charge is -2.31. The molecular weight excluding hydrogens is 375 g/mol. The van der Waals surface area contributed by atoms with Crippen LogP contribution in [0.15, 0.2) is 18.2 Å². The number of halogens is 2. The van der Waals surface area contributed by atoms with Gasteiger partial charge in [0, 0.05) is 15.7 Å². The number of benzene rings is 1. The molecule has 0 heterocycles. The molecule has 0 radical (unpaired) electrons. The lowest BCUT2D eigenvalue weighted by molar-refractivity contribution is 0.0894. The summed E-state index contributed by atoms with van der Waals surface area (Å²) in [5.41, 5.74) is 7.28. The molecule has 19 heavy (non-hydrogen) atoms. The molecule has 1 rings (SSSR count). The van der Waals surface area contributed by atoms with Crippen molar-refractivity contribution in [3.05, 3.63) is 32.9 Å². The van der Waals surface area contributed by atoms with E-state index in [0.29, 0.717) is 6.54 Å². The van der Waals surface area contributed by atoms with Gasteiger partial charge in [-0.3, -0.25) is 4.79 Å². The van der Waals surface area contributed by atoms with Gasteiger partial charge in [0.25, 0.3) is 5.91 Å². The molecule has 0 atom stereocenters. The molecule has 5 heteroatoms. The van der Waals surface area contributed by atoms with Gasteiger partial charge in [0.15, 0.2) is 0 Å². The third-order valence-electron chi connectivity index (χ3n) is 3.64. The van der Waals surface area contributed by atoms with Crippen molar-refractivity contribution >= 4 is 40.9 Å². The quantitative estimate of drug-likeness (QED) is 0.751. The lowest BCUT2D eigenvalue weighted by Crippen LogP contribution is -2.53. The van der Waals surface area contributed by atoms with Crippen molar-refractivity contribution in [2.24, 2.45) is 5.73 Å². The van der Waals surface area contributed by atoms with E-state index in [9.17, 15) is 4.79 Å². The number of carbonyl (C=O) groups is 1. The van der Waals surface area contributed by atoms with Crippen LogP contribution >= 0.6 is 35.0 Å². The van der Waals surface area contributed by atoms with E-state index in [1.54, 1.807) is 0 Å². The normalized spacial score (nSPS) is 10.8. The highest BCUT2D eigenvalue weighted by molar-refractivity contribution is 14.1. The van der Waals surface area contributed by atoms with Crippen molar-refractivity contribution in [2.75, 3.05) is 6.54 Å². The summed E-state index contributed by atoms with van der Waals surface area (Å²) in [6, 6.07) is 5.77. The van der Waals surface area contributed by atoms with Crippen LogP contribution in [0.2, 0.25) is 0 Å². The molecule has 0 unspecified atom stereocenters. The van der Waals surface area contributed by atoms with Crippen LogP contribution in [-0.2, 0) is 0 Å². The number of nitrogens with two attached hydrogens (primary N) is 1. The van der Waals surface area contributed by atoms with Gasteiger partial charge < -0.3 is 11.1 Å². The summed E-state index contributed by atoms with van der Waals surface area (Å²) < 4.78 is 1.10. The molecule has 0 bridgehead atoms. The Bertz CT molecular complexity index is 425. The molecule has 0 fully saturated rings. The highest BCUT2D eigenvalue weighted by Gasteiger charge is 2.27. The summed E-state index contributed by atoms with van der Waals surface area (Å²) in [6.07, 6.45) is 1.68. The predicted octanol–water partition coefficient (Wildman–Crippen LogP) is 3.27. The number of carbonyl (C=O) groups excluding carboxylic acids is 1. The van der Waals surface area contributed by atoms with Gasteiger partial charge in [-0.2, -0.15) is 0 Å². The maximum absolute atomic E-state index is 12.3. The molecule has 3 N–H and O–H groups in total. The molecule has 1 aromatic rings. The number of rotatable bonds is 5. The fourth-order valence-corrected chi connectivity index (χ4v) is 2.43. The van der Waals surface area contributed by atoms with Crippen molar-refractivity contribution in [3.63, 3.8) is 0 Å². The van der Waals surface area contributed by atoms with Crippen LogP contribution in [-0.4, -0.2) is 18.0 Å². The van der Waals surface area contributed by atoms with E-state index >= 15 is 0 Å². The second-order valence-electron chi connectivity index (χ2n) is 4.56. The van der Waals surface area contributed by atoms with Crippen molar-refractivity contribution in [1.29, 1.82) is 0 Å². The van der Waals surface area contributed by atoms with Gasteiger partial charge in [-0.25, -0.2) is 0 Å².